The van der Waals surface area contributed by atoms with Crippen LogP contribution in [0.15, 0.2) is 30.3 Å². The normalized spacial score (nSPS) is 17.5. The Labute approximate surface area is 174 Å². The molecular weight excluding hydrogens is 366 g/mol. The molecule has 0 heterocycles. The lowest BCUT2D eigenvalue weighted by atomic mass is 9.84. The second-order valence-corrected chi connectivity index (χ2v) is 13.3. The molecule has 1 aromatic rings. The number of nitrogens with zero attached hydrogens (tertiary/aromatic N) is 1. The van der Waals surface area contributed by atoms with Crippen molar-refractivity contribution in [2.75, 3.05) is 18.1 Å². The quantitative estimate of drug-likeness (QED) is 0.524. The Morgan fingerprint density at radius 2 is 1.11 bits per heavy atom. The van der Waals surface area contributed by atoms with Crippen molar-refractivity contribution in [3.63, 3.8) is 0 Å². The number of hydrogen-bond acceptors (Lipinski definition) is 3. The van der Waals surface area contributed by atoms with Crippen molar-refractivity contribution in [3.8, 4) is 0 Å². The fraction of sp³-hybridized carbons (Fsp3) is 0.727. The first-order chi connectivity index (χ1) is 12.3. The molecule has 0 aliphatic heterocycles. The van der Waals surface area contributed by atoms with Crippen LogP contribution < -0.4 is 4.90 Å². The van der Waals surface area contributed by atoms with Crippen LogP contribution in [0.3, 0.4) is 0 Å². The van der Waals surface area contributed by atoms with Gasteiger partial charge in [0.1, 0.15) is 0 Å². The summed E-state index contributed by atoms with van der Waals surface area (Å²) in [6, 6.07) is 10.8. The highest BCUT2D eigenvalue weighted by Crippen LogP contribution is 2.43. The van der Waals surface area contributed by atoms with E-state index in [0.717, 1.165) is 46.5 Å². The number of rotatable bonds is 11. The Balaban J connectivity index is 3.49. The molecule has 1 aromatic carbocycles. The van der Waals surface area contributed by atoms with Crippen molar-refractivity contribution in [2.45, 2.75) is 89.8 Å². The lowest BCUT2D eigenvalue weighted by molar-refractivity contribution is -0.0510. The molecule has 0 fully saturated rings. The van der Waals surface area contributed by atoms with Gasteiger partial charge in [-0.2, -0.15) is 0 Å². The van der Waals surface area contributed by atoms with Gasteiger partial charge in [-0.15, -0.1) is 0 Å². The van der Waals surface area contributed by atoms with Crippen LogP contribution in [0, 0.1) is 0 Å². The molecule has 2 unspecified atom stereocenters. The van der Waals surface area contributed by atoms with Gasteiger partial charge in [0, 0.05) is 39.4 Å². The van der Waals surface area contributed by atoms with E-state index in [2.05, 4.69) is 90.6 Å². The Morgan fingerprint density at radius 1 is 0.741 bits per heavy atom. The minimum atomic E-state index is -0.182. The smallest absolute Gasteiger partial charge is 0.0677 e. The Bertz CT molecular complexity index is 539. The van der Waals surface area contributed by atoms with Gasteiger partial charge < -0.3 is 14.4 Å². The molecule has 0 amide bonds. The van der Waals surface area contributed by atoms with Crippen LogP contribution in [0.25, 0.3) is 0 Å². The first kappa shape index (κ1) is 24.4. The van der Waals surface area contributed by atoms with Gasteiger partial charge in [-0.1, -0.05) is 32.0 Å². The first-order valence-electron chi connectivity index (χ1n) is 10.5. The van der Waals surface area contributed by atoms with Crippen LogP contribution in [-0.2, 0) is 9.47 Å². The largest absolute Gasteiger partial charge is 0.377 e. The topological polar surface area (TPSA) is 21.7 Å². The standard InChI is InChI=1S/C22H43NO2Si2/c1-9-16-24-21(7,26)19(3,4)23(18-14-12-11-13-15-18)20(5,6)22(8,27)25-17-10-2/h11-15H,9-10,16-17H2,1-8,26-27H3. The molecule has 0 spiro atoms. The third-order valence-electron chi connectivity index (χ3n) is 6.41. The zero-order chi connectivity index (χ0) is 20.9. The molecule has 5 heteroatoms. The van der Waals surface area contributed by atoms with E-state index in [1.807, 2.05) is 0 Å². The molecule has 0 aliphatic rings. The number of hydrogen-bond donors (Lipinski definition) is 0. The molecule has 27 heavy (non-hydrogen) atoms. The second-order valence-electron chi connectivity index (χ2n) is 9.51. The van der Waals surface area contributed by atoms with E-state index in [1.165, 1.54) is 5.69 Å². The maximum atomic E-state index is 6.43. The molecule has 0 saturated carbocycles. The fourth-order valence-corrected chi connectivity index (χ4v) is 4.38. The Kier molecular flexibility index (Phi) is 8.36. The van der Waals surface area contributed by atoms with Gasteiger partial charge in [-0.3, -0.25) is 0 Å². The summed E-state index contributed by atoms with van der Waals surface area (Å²) in [4.78, 5) is 2.57. The molecule has 1 rings (SSSR count). The summed E-state index contributed by atoms with van der Waals surface area (Å²) in [5, 5.41) is -0.364. The zero-order valence-corrected chi connectivity index (χ0v) is 23.5. The van der Waals surface area contributed by atoms with E-state index in [9.17, 15) is 0 Å². The minimum absolute atomic E-state index is 0.180. The summed E-state index contributed by atoms with van der Waals surface area (Å²) in [6.07, 6.45) is 2.08. The summed E-state index contributed by atoms with van der Waals surface area (Å²) in [6.45, 7) is 19.9. The third kappa shape index (κ3) is 5.25. The maximum Gasteiger partial charge on any atom is 0.0677 e. The molecule has 0 N–H and O–H groups in total. The summed E-state index contributed by atoms with van der Waals surface area (Å²) in [5.41, 5.74) is 0.873. The van der Waals surface area contributed by atoms with Crippen LogP contribution in [0.5, 0.6) is 0 Å². The minimum Gasteiger partial charge on any atom is -0.377 e. The fourth-order valence-electron chi connectivity index (χ4n) is 3.53. The van der Waals surface area contributed by atoms with Crippen molar-refractivity contribution < 1.29 is 9.47 Å². The van der Waals surface area contributed by atoms with Gasteiger partial charge in [0.15, 0.2) is 0 Å². The molecule has 0 saturated heterocycles. The highest BCUT2D eigenvalue weighted by molar-refractivity contribution is 6.16. The summed E-state index contributed by atoms with van der Waals surface area (Å²) in [5.74, 6) is 0. The summed E-state index contributed by atoms with van der Waals surface area (Å²) >= 11 is 0. The average molecular weight is 410 g/mol. The second kappa shape index (κ2) is 9.25. The lowest BCUT2D eigenvalue weighted by Gasteiger charge is -2.60. The van der Waals surface area contributed by atoms with Gasteiger partial charge in [0.25, 0.3) is 0 Å². The number of ether oxygens (including phenoxy) is 2. The van der Waals surface area contributed by atoms with E-state index in [0.29, 0.717) is 0 Å². The van der Waals surface area contributed by atoms with Crippen LogP contribution in [0.1, 0.15) is 68.2 Å². The predicted molar refractivity (Wildman–Crippen MR) is 126 cm³/mol. The van der Waals surface area contributed by atoms with E-state index in [1.54, 1.807) is 0 Å². The average Bonchev–Trinajstić information content (AvgIpc) is 2.58. The van der Waals surface area contributed by atoms with Crippen LogP contribution >= 0.6 is 0 Å². The summed E-state index contributed by atoms with van der Waals surface area (Å²) in [7, 11) is 1.90. The molecule has 156 valence electrons. The van der Waals surface area contributed by atoms with Crippen LogP contribution in [-0.4, -0.2) is 55.2 Å². The van der Waals surface area contributed by atoms with Crippen molar-refractivity contribution in [1.82, 2.24) is 0 Å². The lowest BCUT2D eigenvalue weighted by Crippen LogP contribution is -2.72. The highest BCUT2D eigenvalue weighted by Gasteiger charge is 2.53. The van der Waals surface area contributed by atoms with E-state index >= 15 is 0 Å². The molecule has 0 aromatic heterocycles. The van der Waals surface area contributed by atoms with E-state index in [-0.39, 0.29) is 21.5 Å². The molecule has 0 radical (unpaired) electrons. The van der Waals surface area contributed by atoms with E-state index in [4.69, 9.17) is 9.47 Å². The molecule has 0 aliphatic carbocycles. The molecular formula is C22H43NO2Si2. The molecule has 3 nitrogen and oxygen atoms in total. The first-order valence-corrected chi connectivity index (χ1v) is 12.5. The number of anilines is 1. The van der Waals surface area contributed by atoms with Gasteiger partial charge in [-0.05, 0) is 66.5 Å². The van der Waals surface area contributed by atoms with E-state index < -0.39 is 0 Å². The van der Waals surface area contributed by atoms with Crippen molar-refractivity contribution in [1.29, 1.82) is 0 Å². The zero-order valence-electron chi connectivity index (χ0n) is 19.5. The number of benzene rings is 1. The van der Waals surface area contributed by atoms with Crippen LogP contribution in [0.2, 0.25) is 0 Å². The van der Waals surface area contributed by atoms with Crippen molar-refractivity contribution in [2.24, 2.45) is 0 Å². The monoisotopic (exact) mass is 409 g/mol. The van der Waals surface area contributed by atoms with Gasteiger partial charge in [0.05, 0.1) is 21.5 Å². The highest BCUT2D eigenvalue weighted by atomic mass is 28.1. The molecule has 2 atom stereocenters. The van der Waals surface area contributed by atoms with Gasteiger partial charge in [0.2, 0.25) is 0 Å². The Morgan fingerprint density at radius 3 is 1.44 bits per heavy atom. The van der Waals surface area contributed by atoms with Crippen molar-refractivity contribution >= 4 is 26.2 Å². The van der Waals surface area contributed by atoms with Crippen molar-refractivity contribution in [3.05, 3.63) is 30.3 Å². The SMILES string of the molecule is CCCOC(C)([SiH3])C(C)(C)N(c1ccccc1)C(C)(C)C(C)([SiH3])OCCC. The Hall–Kier alpha value is -0.626. The van der Waals surface area contributed by atoms with Gasteiger partial charge in [-0.25, -0.2) is 0 Å². The predicted octanol–water partition coefficient (Wildman–Crippen LogP) is 3.07. The summed E-state index contributed by atoms with van der Waals surface area (Å²) < 4.78 is 12.9. The number of para-hydroxylation sites is 1. The van der Waals surface area contributed by atoms with Gasteiger partial charge >= 0.3 is 0 Å². The van der Waals surface area contributed by atoms with Crippen LogP contribution in [0.4, 0.5) is 5.69 Å². The maximum absolute atomic E-state index is 6.43. The third-order valence-corrected chi connectivity index (χ3v) is 9.44. The molecule has 0 bridgehead atoms.